The molecule has 0 aliphatic rings. The average molecular weight is 318 g/mol. The van der Waals surface area contributed by atoms with Crippen molar-refractivity contribution in [3.63, 3.8) is 0 Å². The maximum Gasteiger partial charge on any atom is 0.220 e. The highest BCUT2D eigenvalue weighted by molar-refractivity contribution is 5.76. The van der Waals surface area contributed by atoms with Crippen LogP contribution >= 0.6 is 0 Å². The van der Waals surface area contributed by atoms with Gasteiger partial charge in [0.1, 0.15) is 0 Å². The van der Waals surface area contributed by atoms with Gasteiger partial charge in [0.15, 0.2) is 0 Å². The van der Waals surface area contributed by atoms with Crippen LogP contribution in [0.2, 0.25) is 0 Å². The molecule has 1 unspecified atom stereocenters. The Labute approximate surface area is 143 Å². The molecule has 0 radical (unpaired) electrons. The summed E-state index contributed by atoms with van der Waals surface area (Å²) in [5, 5.41) is 3.17. The molecule has 0 spiro atoms. The Kier molecular flexibility index (Phi) is 7.81. The molecule has 0 fully saturated rings. The highest BCUT2D eigenvalue weighted by Gasteiger charge is 2.22. The van der Waals surface area contributed by atoms with Crippen molar-refractivity contribution in [1.29, 1.82) is 0 Å². The van der Waals surface area contributed by atoms with Gasteiger partial charge in [0.05, 0.1) is 0 Å². The molecule has 0 saturated heterocycles. The fraction of sp³-hybridized carbons (Fsp3) is 0.667. The van der Waals surface area contributed by atoms with Crippen molar-refractivity contribution in [3.05, 3.63) is 35.4 Å². The van der Waals surface area contributed by atoms with E-state index in [1.807, 2.05) is 6.92 Å². The third-order valence-electron chi connectivity index (χ3n) is 4.06. The molecule has 0 bridgehead atoms. The average Bonchev–Trinajstić information content (AvgIpc) is 2.39. The zero-order valence-corrected chi connectivity index (χ0v) is 15.9. The molecule has 0 aliphatic carbocycles. The summed E-state index contributed by atoms with van der Waals surface area (Å²) in [6.45, 7) is 13.1. The predicted molar refractivity (Wildman–Crippen MR) is 99.6 cm³/mol. The van der Waals surface area contributed by atoms with Crippen LogP contribution in [0.4, 0.5) is 0 Å². The van der Waals surface area contributed by atoms with Gasteiger partial charge in [-0.2, -0.15) is 0 Å². The second-order valence-electron chi connectivity index (χ2n) is 8.11. The molecular formula is C21H35NO. The van der Waals surface area contributed by atoms with Gasteiger partial charge in [-0.3, -0.25) is 4.79 Å². The zero-order valence-electron chi connectivity index (χ0n) is 15.9. The first-order valence-corrected chi connectivity index (χ1v) is 9.10. The summed E-state index contributed by atoms with van der Waals surface area (Å²) in [5.41, 5.74) is 2.67. The van der Waals surface area contributed by atoms with E-state index >= 15 is 0 Å². The topological polar surface area (TPSA) is 29.1 Å². The van der Waals surface area contributed by atoms with E-state index in [4.69, 9.17) is 0 Å². The molecule has 1 aromatic carbocycles. The van der Waals surface area contributed by atoms with Gasteiger partial charge in [-0.15, -0.1) is 0 Å². The van der Waals surface area contributed by atoms with Gasteiger partial charge in [-0.1, -0.05) is 52.0 Å². The third-order valence-corrected chi connectivity index (χ3v) is 4.06. The van der Waals surface area contributed by atoms with E-state index in [0.29, 0.717) is 18.3 Å². The summed E-state index contributed by atoms with van der Waals surface area (Å²) in [6.07, 6.45) is 4.73. The van der Waals surface area contributed by atoms with Crippen LogP contribution in [0, 0.1) is 11.8 Å². The standard InChI is InChI=1S/C21H35NO/c1-7-8-20(23)22-21(5,6)15-17(4)14-19-11-9-18(10-12-19)13-16(2)3/h9-12,16-17H,7-8,13-15H2,1-6H3,(H,22,23). The molecule has 1 amide bonds. The molecule has 23 heavy (non-hydrogen) atoms. The molecule has 0 aromatic heterocycles. The lowest BCUT2D eigenvalue weighted by Crippen LogP contribution is -2.44. The Bertz CT molecular complexity index is 473. The maximum atomic E-state index is 11.8. The van der Waals surface area contributed by atoms with Crippen LogP contribution in [0.1, 0.15) is 71.9 Å². The minimum Gasteiger partial charge on any atom is -0.351 e. The predicted octanol–water partition coefficient (Wildman–Crippen LogP) is 5.15. The molecule has 130 valence electrons. The van der Waals surface area contributed by atoms with Gasteiger partial charge in [0.25, 0.3) is 0 Å². The highest BCUT2D eigenvalue weighted by atomic mass is 16.1. The van der Waals surface area contributed by atoms with Gasteiger partial charge in [-0.25, -0.2) is 0 Å². The second kappa shape index (κ2) is 9.10. The Balaban J connectivity index is 2.51. The fourth-order valence-electron chi connectivity index (χ4n) is 3.35. The third kappa shape index (κ3) is 8.20. The van der Waals surface area contributed by atoms with E-state index < -0.39 is 0 Å². The van der Waals surface area contributed by atoms with Gasteiger partial charge in [-0.05, 0) is 62.5 Å². The molecule has 0 heterocycles. The van der Waals surface area contributed by atoms with Crippen molar-refractivity contribution < 1.29 is 4.79 Å². The lowest BCUT2D eigenvalue weighted by atomic mass is 9.87. The van der Waals surface area contributed by atoms with Crippen LogP contribution in [0.15, 0.2) is 24.3 Å². The second-order valence-corrected chi connectivity index (χ2v) is 8.11. The largest absolute Gasteiger partial charge is 0.351 e. The summed E-state index contributed by atoms with van der Waals surface area (Å²) in [6, 6.07) is 9.04. The summed E-state index contributed by atoms with van der Waals surface area (Å²) < 4.78 is 0. The zero-order chi connectivity index (χ0) is 17.5. The SMILES string of the molecule is CCCC(=O)NC(C)(C)CC(C)Cc1ccc(CC(C)C)cc1. The lowest BCUT2D eigenvalue weighted by molar-refractivity contribution is -0.122. The van der Waals surface area contributed by atoms with Crippen LogP contribution in [0.3, 0.4) is 0 Å². The van der Waals surface area contributed by atoms with Crippen LogP contribution in [0.5, 0.6) is 0 Å². The Morgan fingerprint density at radius 3 is 2.04 bits per heavy atom. The van der Waals surface area contributed by atoms with E-state index in [0.717, 1.165) is 25.7 Å². The van der Waals surface area contributed by atoms with E-state index in [1.54, 1.807) is 0 Å². The minimum absolute atomic E-state index is 0.136. The van der Waals surface area contributed by atoms with E-state index in [-0.39, 0.29) is 11.4 Å². The monoisotopic (exact) mass is 317 g/mol. The van der Waals surface area contributed by atoms with E-state index in [1.165, 1.54) is 11.1 Å². The van der Waals surface area contributed by atoms with Crippen LogP contribution in [-0.2, 0) is 17.6 Å². The number of amides is 1. The minimum atomic E-state index is -0.136. The van der Waals surface area contributed by atoms with E-state index in [2.05, 4.69) is 64.2 Å². The molecular weight excluding hydrogens is 282 g/mol. The molecule has 2 nitrogen and oxygen atoms in total. The Hall–Kier alpha value is -1.31. The summed E-state index contributed by atoms with van der Waals surface area (Å²) in [4.78, 5) is 11.8. The number of hydrogen-bond donors (Lipinski definition) is 1. The van der Waals surface area contributed by atoms with Crippen molar-refractivity contribution >= 4 is 5.91 Å². The molecule has 0 aliphatic heterocycles. The first-order chi connectivity index (χ1) is 10.7. The number of benzene rings is 1. The van der Waals surface area contributed by atoms with Crippen LogP contribution in [0.25, 0.3) is 0 Å². The number of nitrogens with one attached hydrogen (secondary N) is 1. The van der Waals surface area contributed by atoms with Crippen LogP contribution < -0.4 is 5.32 Å². The van der Waals surface area contributed by atoms with Crippen molar-refractivity contribution in [1.82, 2.24) is 5.32 Å². The van der Waals surface area contributed by atoms with Crippen LogP contribution in [-0.4, -0.2) is 11.4 Å². The molecule has 1 rings (SSSR count). The van der Waals surface area contributed by atoms with Crippen molar-refractivity contribution in [2.75, 3.05) is 0 Å². The summed E-state index contributed by atoms with van der Waals surface area (Å²) in [5.74, 6) is 1.41. The Morgan fingerprint density at radius 2 is 1.57 bits per heavy atom. The summed E-state index contributed by atoms with van der Waals surface area (Å²) in [7, 11) is 0. The highest BCUT2D eigenvalue weighted by Crippen LogP contribution is 2.21. The van der Waals surface area contributed by atoms with Crippen molar-refractivity contribution in [3.8, 4) is 0 Å². The fourth-order valence-corrected chi connectivity index (χ4v) is 3.35. The molecule has 1 aromatic rings. The maximum absolute atomic E-state index is 11.8. The Morgan fingerprint density at radius 1 is 1.04 bits per heavy atom. The molecule has 1 N–H and O–H groups in total. The lowest BCUT2D eigenvalue weighted by Gasteiger charge is -2.29. The summed E-state index contributed by atoms with van der Waals surface area (Å²) >= 11 is 0. The first-order valence-electron chi connectivity index (χ1n) is 9.10. The number of carbonyl (C=O) groups is 1. The van der Waals surface area contributed by atoms with Crippen molar-refractivity contribution in [2.24, 2.45) is 11.8 Å². The normalized spacial score (nSPS) is 13.2. The molecule has 2 heteroatoms. The van der Waals surface area contributed by atoms with Gasteiger partial charge in [0.2, 0.25) is 5.91 Å². The first kappa shape index (κ1) is 19.7. The van der Waals surface area contributed by atoms with Gasteiger partial charge >= 0.3 is 0 Å². The van der Waals surface area contributed by atoms with Crippen molar-refractivity contribution in [2.45, 2.75) is 79.2 Å². The number of carbonyl (C=O) groups excluding carboxylic acids is 1. The quantitative estimate of drug-likeness (QED) is 0.670. The molecule has 0 saturated carbocycles. The molecule has 1 atom stereocenters. The smallest absolute Gasteiger partial charge is 0.220 e. The van der Waals surface area contributed by atoms with E-state index in [9.17, 15) is 4.79 Å². The number of rotatable bonds is 9. The van der Waals surface area contributed by atoms with Gasteiger partial charge in [0, 0.05) is 12.0 Å². The van der Waals surface area contributed by atoms with Gasteiger partial charge < -0.3 is 5.32 Å². The number of hydrogen-bond acceptors (Lipinski definition) is 1.